The zero-order chi connectivity index (χ0) is 13.8. The average molecular weight is 1280 g/mol. The topological polar surface area (TPSA) is 0 Å². The van der Waals surface area contributed by atoms with E-state index in [1.807, 2.05) is 6.92 Å². The van der Waals surface area contributed by atoms with Crippen LogP contribution in [-0.4, -0.2) is 13.2 Å². The van der Waals surface area contributed by atoms with Gasteiger partial charge in [0.25, 0.3) is 0 Å². The van der Waals surface area contributed by atoms with Crippen LogP contribution in [0.5, 0.6) is 0 Å². The molecule has 0 saturated carbocycles. The molecule has 0 rings (SSSR count). The van der Waals surface area contributed by atoms with Crippen molar-refractivity contribution in [3.05, 3.63) is 0 Å². The molecular weight excluding hydrogens is 1260 g/mol. The van der Waals surface area contributed by atoms with Crippen LogP contribution in [-0.2, 0) is 121 Å². The molecule has 0 aromatic rings. The van der Waals surface area contributed by atoms with E-state index in [0.717, 1.165) is 6.42 Å². The predicted molar refractivity (Wildman–Crippen MR) is 64.2 cm³/mol. The fourth-order valence-electron chi connectivity index (χ4n) is 0.217. The van der Waals surface area contributed by atoms with Crippen molar-refractivity contribution >= 4 is 13.2 Å². The van der Waals surface area contributed by atoms with E-state index >= 15 is 0 Å². The normalized spacial score (nSPS) is 8.37. The van der Waals surface area contributed by atoms with Gasteiger partial charge < -0.3 is 0 Å². The van der Waals surface area contributed by atoms with Gasteiger partial charge in [-0.2, -0.15) is 0 Å². The molecule has 19 heavy (non-hydrogen) atoms. The summed E-state index contributed by atoms with van der Waals surface area (Å²) in [5.41, 5.74) is 0.789. The Kier molecular flexibility index (Phi) is 48.4. The van der Waals surface area contributed by atoms with Crippen molar-refractivity contribution in [2.45, 2.75) is 54.9 Å². The second-order valence-corrected chi connectivity index (χ2v) is 8.68. The Balaban J connectivity index is -0.0000000328. The van der Waals surface area contributed by atoms with E-state index in [9.17, 15) is 0 Å². The summed E-state index contributed by atoms with van der Waals surface area (Å²) >= 11 is 4.33. The van der Waals surface area contributed by atoms with E-state index in [4.69, 9.17) is 0 Å². The molecule has 0 aliphatic carbocycles. The third-order valence-electron chi connectivity index (χ3n) is 0.909. The molecule has 0 bridgehead atoms. The third kappa shape index (κ3) is 73.4. The van der Waals surface area contributed by atoms with Gasteiger partial charge in [0.2, 0.25) is 0 Å². The molecule has 0 fully saturated rings. The van der Waals surface area contributed by atoms with Gasteiger partial charge in [-0.15, -0.1) is 0 Å². The van der Waals surface area contributed by atoms with E-state index in [0.29, 0.717) is 10.8 Å². The smallest absolute Gasteiger partial charge is 0 e. The van der Waals surface area contributed by atoms with E-state index in [1.165, 1.54) is 58.1 Å². The van der Waals surface area contributed by atoms with Gasteiger partial charge in [-0.1, -0.05) is 0 Å². The van der Waals surface area contributed by atoms with Gasteiger partial charge in [0.05, 0.1) is 0 Å². The fraction of sp³-hybridized carbons (Fsp3) is 0.769. The van der Waals surface area contributed by atoms with E-state index < -0.39 is 0 Å². The summed E-state index contributed by atoms with van der Waals surface area (Å²) in [4.78, 5) is 0. The molecule has 0 nitrogen and oxygen atoms in total. The molecule has 0 N–H and O–H groups in total. The van der Waals surface area contributed by atoms with Crippen LogP contribution in [0.3, 0.4) is 0 Å². The van der Waals surface area contributed by atoms with Gasteiger partial charge in [-0.3, -0.25) is 0 Å². The average Bonchev–Trinajstić information content (AvgIpc) is 2.03. The second kappa shape index (κ2) is 24.0. The molecule has 0 heterocycles. The monoisotopic (exact) mass is 1280 g/mol. The zero-order valence-electron chi connectivity index (χ0n) is 12.7. The van der Waals surface area contributed by atoms with Gasteiger partial charge in [0.15, 0.2) is 0 Å². The molecule has 114 valence electrons. The molecule has 6 heteroatoms. The Labute approximate surface area is 197 Å². The maximum atomic E-state index is 3.19. The summed E-state index contributed by atoms with van der Waals surface area (Å²) in [6.45, 7) is 15.0. The number of hydrogen-bond acceptors (Lipinski definition) is 0. The van der Waals surface area contributed by atoms with Gasteiger partial charge in [0, 0.05) is 63.2 Å². The molecule has 0 aromatic heterocycles. The Hall–Kier alpha value is 3.74. The van der Waals surface area contributed by atoms with Crippen LogP contribution in [0.2, 0.25) is 0 Å². The standard InChI is InChI=1S/C6H11.C5H9.C2H3.6W/c1-5-6(2,3)4;1-5(2,3)4;1-2;;;;;;/h5H2,2-4H3;1-3H3;1H3;;;;;;/q3*-1;;;;;;. The van der Waals surface area contributed by atoms with Crippen molar-refractivity contribution in [1.29, 1.82) is 0 Å². The minimum absolute atomic E-state index is 0. The molecule has 0 atom stereocenters. The van der Waals surface area contributed by atoms with Crippen LogP contribution >= 0.6 is 0 Å². The molecule has 0 saturated heterocycles. The summed E-state index contributed by atoms with van der Waals surface area (Å²) in [7, 11) is 0. The minimum atomic E-state index is 0. The van der Waals surface area contributed by atoms with Crippen LogP contribution in [0, 0.1) is 10.8 Å². The van der Waals surface area contributed by atoms with Crippen LogP contribution in [0.15, 0.2) is 0 Å². The SMILES string of the molecule is CC(C)(C)C[C-]=[W].CC(C)(C)[C-]=[W].C[C-]=[W].[W].[W].[W]. The number of rotatable bonds is 1. The van der Waals surface area contributed by atoms with Gasteiger partial charge in [-0.25, -0.2) is 0 Å². The summed E-state index contributed by atoms with van der Waals surface area (Å²) in [5.74, 6) is 0. The maximum Gasteiger partial charge on any atom is 0 e. The fourth-order valence-corrected chi connectivity index (χ4v) is 1.77. The van der Waals surface area contributed by atoms with Crippen molar-refractivity contribution in [1.82, 2.24) is 0 Å². The first kappa shape index (κ1) is 38.4. The Morgan fingerprint density at radius 3 is 1.00 bits per heavy atom. The molecule has 0 aliphatic rings. The van der Waals surface area contributed by atoms with Gasteiger partial charge >= 0.3 is 137 Å². The molecule has 0 amide bonds. The number of hydrogen-bond donors (Lipinski definition) is 0. The molecular formula is C13H23W6-3. The summed E-state index contributed by atoms with van der Waals surface area (Å²) in [6.07, 6.45) is 1.13. The van der Waals surface area contributed by atoms with Crippen LogP contribution < -0.4 is 0 Å². The largest absolute Gasteiger partial charge is 0 e. The predicted octanol–water partition coefficient (Wildman–Crippen LogP) is 3.13. The summed E-state index contributed by atoms with van der Waals surface area (Å²) < 4.78 is 9.21. The van der Waals surface area contributed by atoms with Gasteiger partial charge in [-0.05, 0) is 0 Å². The van der Waals surface area contributed by atoms with Crippen molar-refractivity contribution < 1.29 is 121 Å². The second-order valence-electron chi connectivity index (χ2n) is 5.44. The Morgan fingerprint density at radius 2 is 1.00 bits per heavy atom. The maximum absolute atomic E-state index is 3.19. The first-order valence-corrected chi connectivity index (χ1v) is 9.47. The van der Waals surface area contributed by atoms with Crippen molar-refractivity contribution in [3.8, 4) is 0 Å². The third-order valence-corrected chi connectivity index (χ3v) is 3.63. The first-order chi connectivity index (χ1) is 7.04. The Bertz CT molecular complexity index is 188. The van der Waals surface area contributed by atoms with Crippen LogP contribution in [0.4, 0.5) is 0 Å². The molecule has 0 aliphatic heterocycles. The minimum Gasteiger partial charge on any atom is 0 e. The van der Waals surface area contributed by atoms with Crippen LogP contribution in [0.1, 0.15) is 54.9 Å². The van der Waals surface area contributed by atoms with Crippen molar-refractivity contribution in [2.24, 2.45) is 10.8 Å². The molecule has 0 radical (unpaired) electrons. The molecule has 0 spiro atoms. The molecule has 0 aromatic carbocycles. The summed E-state index contributed by atoms with van der Waals surface area (Å²) in [5, 5.41) is 0. The first-order valence-electron chi connectivity index (χ1n) is 5.07. The quantitative estimate of drug-likeness (QED) is 0.355. The van der Waals surface area contributed by atoms with Gasteiger partial charge in [0.1, 0.15) is 0 Å². The van der Waals surface area contributed by atoms with Crippen LogP contribution in [0.25, 0.3) is 0 Å². The van der Waals surface area contributed by atoms with E-state index in [2.05, 4.69) is 54.7 Å². The van der Waals surface area contributed by atoms with Crippen molar-refractivity contribution in [3.63, 3.8) is 0 Å². The van der Waals surface area contributed by atoms with E-state index in [-0.39, 0.29) is 63.2 Å². The summed E-state index contributed by atoms with van der Waals surface area (Å²) in [6, 6.07) is 0. The van der Waals surface area contributed by atoms with E-state index in [1.54, 1.807) is 0 Å². The van der Waals surface area contributed by atoms with Crippen molar-refractivity contribution in [2.75, 3.05) is 0 Å². The molecule has 0 unspecified atom stereocenters. The zero-order valence-corrected chi connectivity index (χ0v) is 30.3. The Morgan fingerprint density at radius 1 is 0.789 bits per heavy atom.